The molecule has 0 aliphatic heterocycles. The zero-order valence-electron chi connectivity index (χ0n) is 12.2. The molecule has 0 unspecified atom stereocenters. The number of carbonyl (C=O) groups is 1. The first-order valence-corrected chi connectivity index (χ1v) is 7.94. The monoisotopic (exact) mass is 312 g/mol. The number of hydrogen-bond donors (Lipinski definition) is 1. The molecular formula is C16H16N4OS. The van der Waals surface area contributed by atoms with Crippen LogP contribution in [0.2, 0.25) is 0 Å². The van der Waals surface area contributed by atoms with Gasteiger partial charge in [-0.3, -0.25) is 9.78 Å². The van der Waals surface area contributed by atoms with E-state index in [0.717, 1.165) is 29.4 Å². The van der Waals surface area contributed by atoms with E-state index in [1.807, 2.05) is 29.1 Å². The number of carbonyl (C=O) groups excluding carboxylic acids is 1. The molecule has 3 heterocycles. The van der Waals surface area contributed by atoms with Crippen molar-refractivity contribution in [2.75, 3.05) is 5.32 Å². The fourth-order valence-electron chi connectivity index (χ4n) is 2.12. The van der Waals surface area contributed by atoms with Crippen LogP contribution in [0.3, 0.4) is 0 Å². The quantitative estimate of drug-likeness (QED) is 0.784. The molecule has 0 atom stereocenters. The molecule has 5 nitrogen and oxygen atoms in total. The summed E-state index contributed by atoms with van der Waals surface area (Å²) in [5.74, 6) is -0.120. The largest absolute Gasteiger partial charge is 0.321 e. The van der Waals surface area contributed by atoms with Gasteiger partial charge in [-0.1, -0.05) is 24.7 Å². The summed E-state index contributed by atoms with van der Waals surface area (Å²) in [5, 5.41) is 3.71. The van der Waals surface area contributed by atoms with Gasteiger partial charge >= 0.3 is 0 Å². The Morgan fingerprint density at radius 3 is 2.68 bits per heavy atom. The van der Waals surface area contributed by atoms with E-state index in [1.165, 1.54) is 11.3 Å². The highest BCUT2D eigenvalue weighted by atomic mass is 32.1. The van der Waals surface area contributed by atoms with Crippen molar-refractivity contribution < 1.29 is 4.79 Å². The Labute approximate surface area is 132 Å². The summed E-state index contributed by atoms with van der Waals surface area (Å²) in [6, 6.07) is 7.42. The second-order valence-electron chi connectivity index (χ2n) is 4.80. The van der Waals surface area contributed by atoms with E-state index in [1.54, 1.807) is 24.5 Å². The Morgan fingerprint density at radius 1 is 1.27 bits per heavy atom. The fourth-order valence-corrected chi connectivity index (χ4v) is 3.09. The summed E-state index contributed by atoms with van der Waals surface area (Å²) >= 11 is 1.41. The lowest BCUT2D eigenvalue weighted by Crippen LogP contribution is -2.12. The van der Waals surface area contributed by atoms with Crippen molar-refractivity contribution in [2.45, 2.75) is 19.8 Å². The van der Waals surface area contributed by atoms with E-state index in [0.29, 0.717) is 4.88 Å². The van der Waals surface area contributed by atoms with Crippen molar-refractivity contribution in [3.05, 3.63) is 59.6 Å². The average Bonchev–Trinajstić information content (AvgIpc) is 3.17. The molecule has 0 spiro atoms. The number of nitrogens with zero attached hydrogens (tertiary/aromatic N) is 3. The predicted octanol–water partition coefficient (Wildman–Crippen LogP) is 3.53. The first kappa shape index (κ1) is 14.5. The summed E-state index contributed by atoms with van der Waals surface area (Å²) in [7, 11) is 0. The van der Waals surface area contributed by atoms with Gasteiger partial charge in [-0.25, -0.2) is 4.98 Å². The molecule has 0 saturated carbocycles. The van der Waals surface area contributed by atoms with E-state index in [2.05, 4.69) is 22.2 Å². The van der Waals surface area contributed by atoms with Crippen LogP contribution < -0.4 is 5.32 Å². The summed E-state index contributed by atoms with van der Waals surface area (Å²) in [6.45, 7) is 2.08. The Morgan fingerprint density at radius 2 is 2.00 bits per heavy atom. The number of aromatic nitrogens is 3. The highest BCUT2D eigenvalue weighted by Crippen LogP contribution is 2.24. The third-order valence-corrected chi connectivity index (χ3v) is 4.25. The van der Waals surface area contributed by atoms with Gasteiger partial charge in [0.1, 0.15) is 4.88 Å². The van der Waals surface area contributed by atoms with Crippen LogP contribution in [-0.4, -0.2) is 20.4 Å². The van der Waals surface area contributed by atoms with Crippen molar-refractivity contribution in [1.82, 2.24) is 14.5 Å². The van der Waals surface area contributed by atoms with Crippen LogP contribution in [0.4, 0.5) is 5.69 Å². The van der Waals surface area contributed by atoms with Gasteiger partial charge in [0, 0.05) is 30.5 Å². The van der Waals surface area contributed by atoms with Crippen LogP contribution >= 0.6 is 11.3 Å². The first-order chi connectivity index (χ1) is 10.8. The Balaban J connectivity index is 1.89. The molecule has 0 saturated heterocycles. The Hall–Kier alpha value is -2.47. The maximum Gasteiger partial charge on any atom is 0.267 e. The third-order valence-electron chi connectivity index (χ3n) is 3.14. The molecule has 3 aromatic rings. The van der Waals surface area contributed by atoms with Gasteiger partial charge in [0.25, 0.3) is 5.91 Å². The van der Waals surface area contributed by atoms with Crippen LogP contribution in [0, 0.1) is 0 Å². The van der Waals surface area contributed by atoms with Crippen LogP contribution in [0.5, 0.6) is 0 Å². The van der Waals surface area contributed by atoms with Crippen molar-refractivity contribution in [3.63, 3.8) is 0 Å². The third kappa shape index (κ3) is 3.07. The lowest BCUT2D eigenvalue weighted by atomic mass is 10.2. The first-order valence-electron chi connectivity index (χ1n) is 7.12. The SMILES string of the molecule is CCCc1nc(-n2cccc2)sc1C(=O)Nc1ccncc1. The van der Waals surface area contributed by atoms with E-state index in [9.17, 15) is 4.79 Å². The van der Waals surface area contributed by atoms with Gasteiger partial charge in [-0.2, -0.15) is 0 Å². The maximum atomic E-state index is 12.5. The maximum absolute atomic E-state index is 12.5. The van der Waals surface area contributed by atoms with Gasteiger partial charge in [-0.15, -0.1) is 0 Å². The summed E-state index contributed by atoms with van der Waals surface area (Å²) in [6.07, 6.45) is 8.90. The van der Waals surface area contributed by atoms with Gasteiger partial charge in [0.2, 0.25) is 0 Å². The normalized spacial score (nSPS) is 10.6. The zero-order valence-corrected chi connectivity index (χ0v) is 13.0. The van der Waals surface area contributed by atoms with E-state index < -0.39 is 0 Å². The molecule has 3 aromatic heterocycles. The number of rotatable bonds is 5. The molecule has 0 radical (unpaired) electrons. The topological polar surface area (TPSA) is 59.8 Å². The van der Waals surface area contributed by atoms with Crippen molar-refractivity contribution >= 4 is 22.9 Å². The molecule has 112 valence electrons. The van der Waals surface area contributed by atoms with Crippen molar-refractivity contribution in [3.8, 4) is 5.13 Å². The smallest absolute Gasteiger partial charge is 0.267 e. The zero-order chi connectivity index (χ0) is 15.4. The fraction of sp³-hybridized carbons (Fsp3) is 0.188. The lowest BCUT2D eigenvalue weighted by molar-refractivity contribution is 0.102. The van der Waals surface area contributed by atoms with Crippen LogP contribution in [0.25, 0.3) is 5.13 Å². The van der Waals surface area contributed by atoms with Crippen LogP contribution in [0.15, 0.2) is 49.1 Å². The average molecular weight is 312 g/mol. The van der Waals surface area contributed by atoms with Gasteiger partial charge in [0.05, 0.1) is 5.69 Å². The van der Waals surface area contributed by atoms with Gasteiger partial charge < -0.3 is 9.88 Å². The van der Waals surface area contributed by atoms with E-state index >= 15 is 0 Å². The number of pyridine rings is 1. The molecule has 0 fully saturated rings. The Bertz CT molecular complexity index is 750. The molecule has 1 N–H and O–H groups in total. The summed E-state index contributed by atoms with van der Waals surface area (Å²) in [4.78, 5) is 21.8. The second kappa shape index (κ2) is 6.53. The number of aryl methyl sites for hydroxylation is 1. The molecular weight excluding hydrogens is 296 g/mol. The molecule has 6 heteroatoms. The van der Waals surface area contributed by atoms with Gasteiger partial charge in [0.15, 0.2) is 5.13 Å². The standard InChI is InChI=1S/C16H16N4OS/c1-2-5-13-14(15(21)18-12-6-8-17-9-7-12)22-16(19-13)20-10-3-4-11-20/h3-4,6-11H,2,5H2,1H3,(H,17,18,21). The highest BCUT2D eigenvalue weighted by molar-refractivity contribution is 7.16. The predicted molar refractivity (Wildman–Crippen MR) is 87.6 cm³/mol. The van der Waals surface area contributed by atoms with Gasteiger partial charge in [-0.05, 0) is 30.7 Å². The Kier molecular flexibility index (Phi) is 4.29. The number of hydrogen-bond acceptors (Lipinski definition) is 4. The number of nitrogens with one attached hydrogen (secondary N) is 1. The van der Waals surface area contributed by atoms with E-state index in [-0.39, 0.29) is 5.91 Å². The minimum atomic E-state index is -0.120. The lowest BCUT2D eigenvalue weighted by Gasteiger charge is -2.03. The molecule has 3 rings (SSSR count). The second-order valence-corrected chi connectivity index (χ2v) is 5.78. The minimum Gasteiger partial charge on any atom is -0.321 e. The molecule has 0 aliphatic rings. The molecule has 0 aromatic carbocycles. The summed E-state index contributed by atoms with van der Waals surface area (Å²) < 4.78 is 1.92. The molecule has 1 amide bonds. The molecule has 0 bridgehead atoms. The highest BCUT2D eigenvalue weighted by Gasteiger charge is 2.18. The number of anilines is 1. The molecule has 0 aliphatic carbocycles. The van der Waals surface area contributed by atoms with Crippen molar-refractivity contribution in [1.29, 1.82) is 0 Å². The number of thiazole rings is 1. The van der Waals surface area contributed by atoms with Crippen LogP contribution in [0.1, 0.15) is 28.7 Å². The van der Waals surface area contributed by atoms with Crippen LogP contribution in [-0.2, 0) is 6.42 Å². The molecule has 22 heavy (non-hydrogen) atoms. The van der Waals surface area contributed by atoms with E-state index in [4.69, 9.17) is 0 Å². The summed E-state index contributed by atoms with van der Waals surface area (Å²) in [5.41, 5.74) is 1.58. The minimum absolute atomic E-state index is 0.120. The van der Waals surface area contributed by atoms with Crippen molar-refractivity contribution in [2.24, 2.45) is 0 Å². The number of amides is 1.